The van der Waals surface area contributed by atoms with E-state index < -0.39 is 6.10 Å². The van der Waals surface area contributed by atoms with Crippen molar-refractivity contribution in [3.63, 3.8) is 0 Å². The number of aromatic nitrogens is 5. The number of fused-ring (bicyclic) bond motifs is 2. The first-order valence-electron chi connectivity index (χ1n) is 15.0. The molecule has 2 aliphatic heterocycles. The molecule has 5 heterocycles. The molecular formula is C32H38N8O2. The Morgan fingerprint density at radius 3 is 2.52 bits per heavy atom. The molecule has 2 saturated heterocycles. The van der Waals surface area contributed by atoms with Crippen molar-refractivity contribution < 1.29 is 5.11 Å². The fraction of sp³-hybridized carbons (Fsp3) is 0.438. The Hall–Kier alpha value is -4.02. The summed E-state index contributed by atoms with van der Waals surface area (Å²) in [5, 5.41) is 14.1. The van der Waals surface area contributed by atoms with Gasteiger partial charge in [0.1, 0.15) is 5.39 Å². The third-order valence-corrected chi connectivity index (χ3v) is 9.56. The van der Waals surface area contributed by atoms with Crippen LogP contribution in [0.4, 0.5) is 17.3 Å². The number of benzene rings is 1. The minimum atomic E-state index is -0.600. The number of hydrogen-bond donors (Lipinski definition) is 2. The molecule has 2 N–H and O–H groups in total. The number of aliphatic hydroxyl groups excluding tert-OH is 1. The molecule has 42 heavy (non-hydrogen) atoms. The molecule has 3 aliphatic rings. The average Bonchev–Trinajstić information content (AvgIpc) is 3.51. The second-order valence-electron chi connectivity index (χ2n) is 12.1. The summed E-state index contributed by atoms with van der Waals surface area (Å²) < 4.78 is 3.25. The molecule has 1 aliphatic carbocycles. The van der Waals surface area contributed by atoms with Gasteiger partial charge in [-0.1, -0.05) is 12.1 Å². The molecule has 4 aromatic rings. The Bertz CT molecular complexity index is 1670. The highest BCUT2D eigenvalue weighted by molar-refractivity contribution is 5.77. The number of allylic oxidation sites excluding steroid dienone is 1. The van der Waals surface area contributed by atoms with Crippen molar-refractivity contribution >= 4 is 28.4 Å². The molecule has 7 rings (SSSR count). The number of pyridine rings is 1. The van der Waals surface area contributed by atoms with E-state index in [4.69, 9.17) is 9.97 Å². The van der Waals surface area contributed by atoms with Crippen molar-refractivity contribution in [2.45, 2.75) is 51.2 Å². The summed E-state index contributed by atoms with van der Waals surface area (Å²) in [5.74, 6) is 0.921. The highest BCUT2D eigenvalue weighted by atomic mass is 16.3. The number of aliphatic hydroxyl groups is 1. The molecule has 1 spiro atoms. The van der Waals surface area contributed by atoms with Gasteiger partial charge in [-0.05, 0) is 100.0 Å². The zero-order chi connectivity index (χ0) is 28.8. The van der Waals surface area contributed by atoms with Crippen LogP contribution in [0.1, 0.15) is 49.5 Å². The van der Waals surface area contributed by atoms with Gasteiger partial charge in [-0.2, -0.15) is 4.98 Å². The monoisotopic (exact) mass is 566 g/mol. The lowest BCUT2D eigenvalue weighted by Gasteiger charge is -2.46. The minimum absolute atomic E-state index is 0.216. The van der Waals surface area contributed by atoms with Gasteiger partial charge in [-0.15, -0.1) is 6.58 Å². The maximum Gasteiger partial charge on any atom is 0.278 e. The van der Waals surface area contributed by atoms with Crippen LogP contribution >= 0.6 is 0 Å². The molecule has 0 radical (unpaired) electrons. The van der Waals surface area contributed by atoms with Gasteiger partial charge in [-0.3, -0.25) is 4.79 Å². The molecular weight excluding hydrogens is 528 g/mol. The van der Waals surface area contributed by atoms with E-state index in [2.05, 4.69) is 58.0 Å². The Morgan fingerprint density at radius 2 is 1.79 bits per heavy atom. The van der Waals surface area contributed by atoms with Crippen LogP contribution < -0.4 is 15.8 Å². The molecule has 0 bridgehead atoms. The zero-order valence-electron chi connectivity index (χ0n) is 24.2. The van der Waals surface area contributed by atoms with Crippen LogP contribution in [0.5, 0.6) is 0 Å². The van der Waals surface area contributed by atoms with E-state index in [1.54, 1.807) is 21.6 Å². The van der Waals surface area contributed by atoms with Gasteiger partial charge in [-0.25, -0.2) is 19.3 Å². The summed E-state index contributed by atoms with van der Waals surface area (Å²) in [5.41, 5.74) is 4.57. The number of nitrogens with one attached hydrogen (secondary N) is 1. The first-order chi connectivity index (χ1) is 20.4. The lowest BCUT2D eigenvalue weighted by molar-refractivity contribution is 0.0945. The maximum absolute atomic E-state index is 13.3. The molecule has 1 aromatic carbocycles. The lowest BCUT2D eigenvalue weighted by Crippen LogP contribution is -2.46. The summed E-state index contributed by atoms with van der Waals surface area (Å²) in [6.45, 7) is 8.75. The molecule has 218 valence electrons. The minimum Gasteiger partial charge on any atom is -0.387 e. The van der Waals surface area contributed by atoms with Crippen LogP contribution in [0.3, 0.4) is 0 Å². The van der Waals surface area contributed by atoms with E-state index in [9.17, 15) is 9.90 Å². The predicted octanol–water partition coefficient (Wildman–Crippen LogP) is 4.20. The normalized spacial score (nSPS) is 20.2. The average molecular weight is 567 g/mol. The first-order valence-corrected chi connectivity index (χ1v) is 15.0. The number of nitrogens with zero attached hydrogens (tertiary/aromatic N) is 7. The van der Waals surface area contributed by atoms with E-state index in [1.165, 1.54) is 44.5 Å². The van der Waals surface area contributed by atoms with Gasteiger partial charge in [0.05, 0.1) is 18.3 Å². The van der Waals surface area contributed by atoms with Gasteiger partial charge < -0.3 is 20.2 Å². The molecule has 0 amide bonds. The standard InChI is InChI=1S/C32H38N8O2/c1-3-16-39-30(42)25-21-33-31(36-29(25)40(39)27-11-5-22-4-10-26(41)28(22)35-27)34-23-6-8-24(9-7-23)38-19-14-32(15-20-38)12-17-37(2)18-13-32/h3,5-9,11,21,26,41H,1,4,10,12-20H2,2H3,(H,33,34,36). The van der Waals surface area contributed by atoms with Crippen LogP contribution in [0.2, 0.25) is 0 Å². The van der Waals surface area contributed by atoms with Crippen molar-refractivity contribution in [3.05, 3.63) is 76.9 Å². The Balaban J connectivity index is 1.13. The van der Waals surface area contributed by atoms with Gasteiger partial charge in [0.15, 0.2) is 11.5 Å². The van der Waals surface area contributed by atoms with Gasteiger partial charge in [0, 0.05) is 30.7 Å². The fourth-order valence-electron chi connectivity index (χ4n) is 6.87. The quantitative estimate of drug-likeness (QED) is 0.335. The van der Waals surface area contributed by atoms with E-state index in [0.29, 0.717) is 40.3 Å². The predicted molar refractivity (Wildman–Crippen MR) is 165 cm³/mol. The number of hydrogen-bond acceptors (Lipinski definition) is 8. The highest BCUT2D eigenvalue weighted by Crippen LogP contribution is 2.42. The maximum atomic E-state index is 13.3. The number of rotatable bonds is 6. The molecule has 3 aromatic heterocycles. The number of anilines is 3. The van der Waals surface area contributed by atoms with E-state index >= 15 is 0 Å². The Kier molecular flexibility index (Phi) is 6.82. The van der Waals surface area contributed by atoms with Gasteiger partial charge in [0.2, 0.25) is 5.95 Å². The summed E-state index contributed by atoms with van der Waals surface area (Å²) in [6, 6.07) is 12.3. The summed E-state index contributed by atoms with van der Waals surface area (Å²) in [6.07, 6.45) is 9.25. The Morgan fingerprint density at radius 1 is 1.05 bits per heavy atom. The van der Waals surface area contributed by atoms with Gasteiger partial charge >= 0.3 is 0 Å². The zero-order valence-corrected chi connectivity index (χ0v) is 24.2. The smallest absolute Gasteiger partial charge is 0.278 e. The van der Waals surface area contributed by atoms with E-state index in [1.807, 2.05) is 12.1 Å². The summed E-state index contributed by atoms with van der Waals surface area (Å²) >= 11 is 0. The third-order valence-electron chi connectivity index (χ3n) is 9.56. The van der Waals surface area contributed by atoms with Crippen LogP contribution in [0, 0.1) is 5.41 Å². The third kappa shape index (κ3) is 4.78. The van der Waals surface area contributed by atoms with E-state index in [-0.39, 0.29) is 12.1 Å². The van der Waals surface area contributed by atoms with Crippen LogP contribution in [0.15, 0.2) is 60.0 Å². The largest absolute Gasteiger partial charge is 0.387 e. The van der Waals surface area contributed by atoms with Crippen molar-refractivity contribution in [1.82, 2.24) is 29.2 Å². The molecule has 1 atom stereocenters. The second kappa shape index (κ2) is 10.7. The molecule has 2 fully saturated rings. The number of aryl methyl sites for hydroxylation is 1. The first kappa shape index (κ1) is 26.9. The second-order valence-corrected chi connectivity index (χ2v) is 12.1. The summed E-state index contributed by atoms with van der Waals surface area (Å²) in [7, 11) is 2.23. The van der Waals surface area contributed by atoms with Gasteiger partial charge in [0.25, 0.3) is 5.56 Å². The van der Waals surface area contributed by atoms with E-state index in [0.717, 1.165) is 30.8 Å². The summed E-state index contributed by atoms with van der Waals surface area (Å²) in [4.78, 5) is 32.2. The fourth-order valence-corrected chi connectivity index (χ4v) is 6.87. The van der Waals surface area contributed by atoms with Crippen LogP contribution in [-0.4, -0.2) is 67.5 Å². The van der Waals surface area contributed by atoms with Crippen LogP contribution in [0.25, 0.3) is 16.9 Å². The van der Waals surface area contributed by atoms with Crippen molar-refractivity contribution in [2.75, 3.05) is 43.4 Å². The molecule has 10 heteroatoms. The molecule has 10 nitrogen and oxygen atoms in total. The Labute approximate surface area is 245 Å². The van der Waals surface area contributed by atoms with Crippen LogP contribution in [-0.2, 0) is 13.0 Å². The highest BCUT2D eigenvalue weighted by Gasteiger charge is 2.36. The number of likely N-dealkylation sites (tertiary alicyclic amines) is 1. The lowest BCUT2D eigenvalue weighted by atomic mass is 9.71. The van der Waals surface area contributed by atoms with Crippen molar-refractivity contribution in [1.29, 1.82) is 0 Å². The molecule has 1 unspecified atom stereocenters. The molecule has 0 saturated carbocycles. The SMILES string of the molecule is C=CCn1c(=O)c2cnc(Nc3ccc(N4CCC5(CCN(C)CC5)CC4)cc3)nc2n1-c1ccc2c(n1)C(O)CC2. The van der Waals surface area contributed by atoms with Crippen molar-refractivity contribution in [3.8, 4) is 5.82 Å². The number of piperidine rings is 2. The topological polar surface area (TPSA) is 104 Å². The van der Waals surface area contributed by atoms with Crippen molar-refractivity contribution in [2.24, 2.45) is 5.41 Å².